The van der Waals surface area contributed by atoms with Crippen LogP contribution in [0.3, 0.4) is 0 Å². The zero-order chi connectivity index (χ0) is 17.2. The molecule has 0 spiro atoms. The topological polar surface area (TPSA) is 72.8 Å². The molecule has 2 N–H and O–H groups in total. The van der Waals surface area contributed by atoms with Gasteiger partial charge in [0.25, 0.3) is 5.82 Å². The summed E-state index contributed by atoms with van der Waals surface area (Å²) >= 11 is 0. The summed E-state index contributed by atoms with van der Waals surface area (Å²) in [5.41, 5.74) is 0. The molecule has 6 nitrogen and oxygen atoms in total. The standard InChI is InChI=1S/C17H27N3O3S/c1-13-4-3-5-16(14(13)2)19-17-7-6-15(12-18-17)24(21,22)20-8-10-23-11-9-20/h6-7,12-14,16H,3-5,8-11H2,1-2H3,(H,18,19)/p+1/t13-,14+,16-/m0/s1. The normalized spacial score (nSPS) is 29.3. The number of aromatic amines is 1. The molecule has 2 fully saturated rings. The zero-order valence-electron chi connectivity index (χ0n) is 14.5. The van der Waals surface area contributed by atoms with Gasteiger partial charge in [-0.15, -0.1) is 0 Å². The molecule has 1 aliphatic heterocycles. The van der Waals surface area contributed by atoms with Gasteiger partial charge in [-0.2, -0.15) is 4.31 Å². The fraction of sp³-hybridized carbons (Fsp3) is 0.706. The van der Waals surface area contributed by atoms with Crippen LogP contribution in [0.25, 0.3) is 0 Å². The van der Waals surface area contributed by atoms with Crippen molar-refractivity contribution in [3.05, 3.63) is 18.3 Å². The first-order chi connectivity index (χ1) is 11.5. The summed E-state index contributed by atoms with van der Waals surface area (Å²) in [5, 5.41) is 3.54. The van der Waals surface area contributed by atoms with E-state index in [9.17, 15) is 8.42 Å². The van der Waals surface area contributed by atoms with E-state index in [0.717, 1.165) is 18.2 Å². The third-order valence-electron chi connectivity index (χ3n) is 5.44. The third-order valence-corrected chi connectivity index (χ3v) is 7.33. The molecule has 2 heterocycles. The lowest BCUT2D eigenvalue weighted by atomic mass is 9.78. The Morgan fingerprint density at radius 1 is 1.21 bits per heavy atom. The van der Waals surface area contributed by atoms with Crippen LogP contribution in [0.4, 0.5) is 5.82 Å². The quantitative estimate of drug-likeness (QED) is 0.894. The van der Waals surface area contributed by atoms with E-state index in [2.05, 4.69) is 24.1 Å². The highest BCUT2D eigenvalue weighted by Gasteiger charge is 2.31. The number of nitrogens with one attached hydrogen (secondary N) is 2. The van der Waals surface area contributed by atoms with E-state index in [-0.39, 0.29) is 0 Å². The number of hydrogen-bond donors (Lipinski definition) is 1. The number of pyridine rings is 1. The Bertz CT molecular complexity index is 642. The maximum atomic E-state index is 12.6. The van der Waals surface area contributed by atoms with Gasteiger partial charge in [-0.25, -0.2) is 13.4 Å². The van der Waals surface area contributed by atoms with Gasteiger partial charge in [0.15, 0.2) is 0 Å². The van der Waals surface area contributed by atoms with E-state index in [0.29, 0.717) is 43.2 Å². The first-order valence-corrected chi connectivity index (χ1v) is 10.3. The summed E-state index contributed by atoms with van der Waals surface area (Å²) in [6, 6.07) is 3.95. The Kier molecular flexibility index (Phi) is 5.42. The number of aromatic nitrogens is 1. The number of H-pyrrole nitrogens is 1. The highest BCUT2D eigenvalue weighted by Crippen LogP contribution is 2.31. The summed E-state index contributed by atoms with van der Waals surface area (Å²) in [6.07, 6.45) is 5.28. The molecule has 1 saturated heterocycles. The van der Waals surface area contributed by atoms with Gasteiger partial charge in [-0.3, -0.25) is 5.32 Å². The molecule has 24 heavy (non-hydrogen) atoms. The minimum atomic E-state index is -3.44. The third kappa shape index (κ3) is 3.73. The summed E-state index contributed by atoms with van der Waals surface area (Å²) in [5.74, 6) is 2.21. The van der Waals surface area contributed by atoms with Crippen molar-refractivity contribution in [2.75, 3.05) is 31.6 Å². The van der Waals surface area contributed by atoms with Crippen LogP contribution in [-0.2, 0) is 14.8 Å². The van der Waals surface area contributed by atoms with Crippen molar-refractivity contribution in [1.29, 1.82) is 0 Å². The molecular formula is C17H28N3O3S+. The van der Waals surface area contributed by atoms with Gasteiger partial charge in [0.05, 0.1) is 19.3 Å². The van der Waals surface area contributed by atoms with Crippen LogP contribution >= 0.6 is 0 Å². The molecule has 0 radical (unpaired) electrons. The number of hydrogen-bond acceptors (Lipinski definition) is 4. The van der Waals surface area contributed by atoms with E-state index >= 15 is 0 Å². The fourth-order valence-corrected chi connectivity index (χ4v) is 4.96. The van der Waals surface area contributed by atoms with Gasteiger partial charge in [0.2, 0.25) is 10.0 Å². The first kappa shape index (κ1) is 17.6. The molecule has 1 aromatic heterocycles. The highest BCUT2D eigenvalue weighted by atomic mass is 32.2. The minimum Gasteiger partial charge on any atom is -0.379 e. The summed E-state index contributed by atoms with van der Waals surface area (Å²) < 4.78 is 31.9. The molecule has 134 valence electrons. The maximum Gasteiger partial charge on any atom is 0.272 e. The van der Waals surface area contributed by atoms with Crippen molar-refractivity contribution in [2.24, 2.45) is 11.8 Å². The summed E-state index contributed by atoms with van der Waals surface area (Å²) in [4.78, 5) is 3.42. The molecule has 3 rings (SSSR count). The number of anilines is 1. The van der Waals surface area contributed by atoms with Crippen LogP contribution in [0.5, 0.6) is 0 Å². The Labute approximate surface area is 144 Å². The molecule has 7 heteroatoms. The van der Waals surface area contributed by atoms with Gasteiger partial charge < -0.3 is 4.74 Å². The van der Waals surface area contributed by atoms with Crippen molar-refractivity contribution in [2.45, 2.75) is 44.0 Å². The second-order valence-corrected chi connectivity index (χ2v) is 8.91. The van der Waals surface area contributed by atoms with Gasteiger partial charge in [-0.05, 0) is 30.7 Å². The van der Waals surface area contributed by atoms with Gasteiger partial charge in [-0.1, -0.05) is 20.3 Å². The largest absolute Gasteiger partial charge is 0.379 e. The molecule has 0 unspecified atom stereocenters. The monoisotopic (exact) mass is 354 g/mol. The molecule has 0 bridgehead atoms. The highest BCUT2D eigenvalue weighted by molar-refractivity contribution is 7.89. The van der Waals surface area contributed by atoms with Gasteiger partial charge in [0, 0.05) is 19.2 Å². The SMILES string of the molecule is C[C@H]1[C@@H](Nc2ccc(S(=O)(=O)N3CCOCC3)c[nH+]2)CCC[C@@H]1C. The van der Waals surface area contributed by atoms with Crippen LogP contribution in [0.15, 0.2) is 23.2 Å². The van der Waals surface area contributed by atoms with Crippen molar-refractivity contribution in [3.8, 4) is 0 Å². The van der Waals surface area contributed by atoms with E-state index in [1.807, 2.05) is 6.07 Å². The van der Waals surface area contributed by atoms with E-state index in [1.165, 1.54) is 17.1 Å². The molecule has 3 atom stereocenters. The number of ether oxygens (including phenoxy) is 1. The number of rotatable bonds is 4. The second-order valence-electron chi connectivity index (χ2n) is 6.97. The molecule has 0 amide bonds. The Morgan fingerprint density at radius 3 is 2.62 bits per heavy atom. The number of sulfonamides is 1. The Morgan fingerprint density at radius 2 is 1.96 bits per heavy atom. The van der Waals surface area contributed by atoms with Crippen LogP contribution in [0.2, 0.25) is 0 Å². The lowest BCUT2D eigenvalue weighted by Crippen LogP contribution is -2.41. The van der Waals surface area contributed by atoms with Gasteiger partial charge in [0.1, 0.15) is 11.1 Å². The fourth-order valence-electron chi connectivity index (χ4n) is 3.58. The summed E-state index contributed by atoms with van der Waals surface area (Å²) in [7, 11) is -3.44. The van der Waals surface area contributed by atoms with E-state index in [4.69, 9.17) is 4.74 Å². The van der Waals surface area contributed by atoms with Crippen molar-refractivity contribution in [1.82, 2.24) is 4.31 Å². The van der Waals surface area contributed by atoms with Crippen LogP contribution in [0.1, 0.15) is 33.1 Å². The van der Waals surface area contributed by atoms with E-state index < -0.39 is 10.0 Å². The zero-order valence-corrected chi connectivity index (χ0v) is 15.3. The van der Waals surface area contributed by atoms with E-state index in [1.54, 1.807) is 12.3 Å². The lowest BCUT2D eigenvalue weighted by Gasteiger charge is -2.31. The molecule has 1 saturated carbocycles. The van der Waals surface area contributed by atoms with Crippen LogP contribution in [0, 0.1) is 11.8 Å². The smallest absolute Gasteiger partial charge is 0.272 e. The van der Waals surface area contributed by atoms with Gasteiger partial charge >= 0.3 is 0 Å². The lowest BCUT2D eigenvalue weighted by molar-refractivity contribution is -0.364. The molecular weight excluding hydrogens is 326 g/mol. The molecule has 1 aromatic rings. The second kappa shape index (κ2) is 7.37. The van der Waals surface area contributed by atoms with Crippen molar-refractivity contribution in [3.63, 3.8) is 0 Å². The maximum absolute atomic E-state index is 12.6. The first-order valence-electron chi connectivity index (χ1n) is 8.84. The predicted molar refractivity (Wildman–Crippen MR) is 92.2 cm³/mol. The van der Waals surface area contributed by atoms with Crippen LogP contribution in [-0.4, -0.2) is 45.1 Å². The number of morpholine rings is 1. The Hall–Kier alpha value is -1.18. The average Bonchev–Trinajstić information content (AvgIpc) is 2.60. The average molecular weight is 354 g/mol. The summed E-state index contributed by atoms with van der Waals surface area (Å²) in [6.45, 7) is 6.35. The minimum absolute atomic E-state index is 0.306. The molecule has 2 aliphatic rings. The molecule has 0 aromatic carbocycles. The number of nitrogens with zero attached hydrogens (tertiary/aromatic N) is 1. The van der Waals surface area contributed by atoms with Crippen molar-refractivity contribution < 1.29 is 18.1 Å². The van der Waals surface area contributed by atoms with Crippen molar-refractivity contribution >= 4 is 15.8 Å². The molecule has 1 aliphatic carbocycles. The Balaban J connectivity index is 1.69. The predicted octanol–water partition coefficient (Wildman–Crippen LogP) is 1.76. The van der Waals surface area contributed by atoms with Crippen LogP contribution < -0.4 is 10.3 Å².